The van der Waals surface area contributed by atoms with Crippen molar-refractivity contribution in [3.63, 3.8) is 0 Å². The number of piperazine rings is 1. The molecule has 0 bridgehead atoms. The maximum atomic E-state index is 4.72. The summed E-state index contributed by atoms with van der Waals surface area (Å²) in [5.41, 5.74) is 3.85. The van der Waals surface area contributed by atoms with Gasteiger partial charge in [-0.05, 0) is 35.1 Å². The van der Waals surface area contributed by atoms with E-state index < -0.39 is 0 Å². The zero-order valence-corrected chi connectivity index (χ0v) is 17.6. The van der Waals surface area contributed by atoms with Crippen LogP contribution in [0.2, 0.25) is 0 Å². The molecule has 3 aromatic carbocycles. The van der Waals surface area contributed by atoms with E-state index in [0.29, 0.717) is 6.04 Å². The molecule has 0 radical (unpaired) electrons. The molecule has 1 aliphatic rings. The lowest BCUT2D eigenvalue weighted by Gasteiger charge is -2.38. The molecule has 0 amide bonds. The molecule has 0 spiro atoms. The standard InChI is InChI=1S/C25H27N3S/c1-29-24-14-12-21(13-15-24)20-26-28-18-16-27(17-19-28)25(22-8-4-2-5-9-22)23-10-6-3-7-11-23/h2-15,20,25H,16-19H2,1H3/b26-20+. The molecule has 4 rings (SSSR count). The highest BCUT2D eigenvalue weighted by atomic mass is 32.2. The van der Waals surface area contributed by atoms with E-state index in [-0.39, 0.29) is 0 Å². The van der Waals surface area contributed by atoms with Gasteiger partial charge in [0, 0.05) is 31.1 Å². The van der Waals surface area contributed by atoms with Gasteiger partial charge in [-0.25, -0.2) is 0 Å². The van der Waals surface area contributed by atoms with Crippen LogP contribution in [0.3, 0.4) is 0 Å². The fourth-order valence-electron chi connectivity index (χ4n) is 3.81. The van der Waals surface area contributed by atoms with Gasteiger partial charge in [0.2, 0.25) is 0 Å². The normalized spacial score (nSPS) is 15.3. The van der Waals surface area contributed by atoms with Gasteiger partial charge in [0.1, 0.15) is 0 Å². The van der Waals surface area contributed by atoms with Crippen molar-refractivity contribution in [2.24, 2.45) is 5.10 Å². The summed E-state index contributed by atoms with van der Waals surface area (Å²) in [4.78, 5) is 3.85. The van der Waals surface area contributed by atoms with Crippen LogP contribution in [0.4, 0.5) is 0 Å². The number of thioether (sulfide) groups is 1. The summed E-state index contributed by atoms with van der Waals surface area (Å²) in [7, 11) is 0. The molecule has 0 aliphatic carbocycles. The first-order valence-corrected chi connectivity index (χ1v) is 11.3. The van der Waals surface area contributed by atoms with Gasteiger partial charge in [0.05, 0.1) is 12.3 Å². The van der Waals surface area contributed by atoms with Crippen LogP contribution in [0.5, 0.6) is 0 Å². The molecule has 1 heterocycles. The van der Waals surface area contributed by atoms with Gasteiger partial charge >= 0.3 is 0 Å². The Morgan fingerprint density at radius 2 is 1.31 bits per heavy atom. The molecule has 0 unspecified atom stereocenters. The summed E-state index contributed by atoms with van der Waals surface area (Å²) in [6.45, 7) is 3.87. The third-order valence-corrected chi connectivity index (χ3v) is 6.12. The second kappa shape index (κ2) is 9.77. The molecule has 0 N–H and O–H groups in total. The maximum Gasteiger partial charge on any atom is 0.0603 e. The Kier molecular flexibility index (Phi) is 6.65. The van der Waals surface area contributed by atoms with Crippen molar-refractivity contribution >= 4 is 18.0 Å². The van der Waals surface area contributed by atoms with E-state index in [4.69, 9.17) is 5.10 Å². The quantitative estimate of drug-likeness (QED) is 0.420. The van der Waals surface area contributed by atoms with Crippen molar-refractivity contribution in [2.45, 2.75) is 10.9 Å². The number of hydrogen-bond donors (Lipinski definition) is 0. The molecular formula is C25H27N3S. The van der Waals surface area contributed by atoms with Crippen LogP contribution >= 0.6 is 11.8 Å². The van der Waals surface area contributed by atoms with Crippen molar-refractivity contribution in [1.82, 2.24) is 9.91 Å². The SMILES string of the molecule is CSc1ccc(/C=N/N2CCN(C(c3ccccc3)c3ccccc3)CC2)cc1. The minimum atomic E-state index is 0.294. The molecule has 0 atom stereocenters. The van der Waals surface area contributed by atoms with E-state index in [9.17, 15) is 0 Å². The maximum absolute atomic E-state index is 4.72. The van der Waals surface area contributed by atoms with Gasteiger partial charge in [-0.3, -0.25) is 9.91 Å². The van der Waals surface area contributed by atoms with Crippen LogP contribution in [0.15, 0.2) is 94.9 Å². The van der Waals surface area contributed by atoms with E-state index in [2.05, 4.69) is 101 Å². The van der Waals surface area contributed by atoms with Crippen molar-refractivity contribution in [2.75, 3.05) is 32.4 Å². The fraction of sp³-hybridized carbons (Fsp3) is 0.240. The Balaban J connectivity index is 1.43. The first-order chi connectivity index (χ1) is 14.3. The number of rotatable bonds is 6. The molecule has 4 heteroatoms. The lowest BCUT2D eigenvalue weighted by Crippen LogP contribution is -2.45. The molecule has 3 aromatic rings. The number of hydrogen-bond acceptors (Lipinski definition) is 4. The van der Waals surface area contributed by atoms with Crippen molar-refractivity contribution in [3.05, 3.63) is 102 Å². The van der Waals surface area contributed by atoms with Crippen molar-refractivity contribution in [3.8, 4) is 0 Å². The third-order valence-electron chi connectivity index (χ3n) is 5.37. The predicted molar refractivity (Wildman–Crippen MR) is 124 cm³/mol. The highest BCUT2D eigenvalue weighted by Gasteiger charge is 2.25. The third kappa shape index (κ3) is 5.08. The summed E-state index contributed by atoms with van der Waals surface area (Å²) in [5.74, 6) is 0. The average Bonchev–Trinajstić information content (AvgIpc) is 2.80. The van der Waals surface area contributed by atoms with E-state index in [0.717, 1.165) is 31.7 Å². The van der Waals surface area contributed by atoms with Crippen molar-refractivity contribution in [1.29, 1.82) is 0 Å². The summed E-state index contributed by atoms with van der Waals surface area (Å²) in [6.07, 6.45) is 4.08. The summed E-state index contributed by atoms with van der Waals surface area (Å²) in [5, 5.41) is 6.91. The summed E-state index contributed by atoms with van der Waals surface area (Å²) < 4.78 is 0. The van der Waals surface area contributed by atoms with Gasteiger partial charge in [-0.2, -0.15) is 5.10 Å². The molecule has 148 valence electrons. The molecule has 29 heavy (non-hydrogen) atoms. The van der Waals surface area contributed by atoms with E-state index in [1.54, 1.807) is 11.8 Å². The average molecular weight is 402 g/mol. The molecule has 1 aliphatic heterocycles. The van der Waals surface area contributed by atoms with Gasteiger partial charge in [0.15, 0.2) is 0 Å². The molecule has 1 fully saturated rings. The lowest BCUT2D eigenvalue weighted by atomic mass is 9.96. The summed E-state index contributed by atoms with van der Waals surface area (Å²) in [6, 6.07) is 30.5. The smallest absolute Gasteiger partial charge is 0.0603 e. The Morgan fingerprint density at radius 3 is 1.83 bits per heavy atom. The second-order valence-corrected chi connectivity index (χ2v) is 8.11. The van der Waals surface area contributed by atoms with Gasteiger partial charge in [0.25, 0.3) is 0 Å². The van der Waals surface area contributed by atoms with Gasteiger partial charge < -0.3 is 0 Å². The lowest BCUT2D eigenvalue weighted by molar-refractivity contribution is 0.113. The van der Waals surface area contributed by atoms with E-state index >= 15 is 0 Å². The minimum Gasteiger partial charge on any atom is -0.294 e. The van der Waals surface area contributed by atoms with E-state index in [1.807, 2.05) is 6.21 Å². The van der Waals surface area contributed by atoms with Crippen LogP contribution in [-0.2, 0) is 0 Å². The monoisotopic (exact) mass is 401 g/mol. The Bertz CT molecular complexity index is 862. The first kappa shape index (κ1) is 19.7. The number of nitrogens with zero attached hydrogens (tertiary/aromatic N) is 3. The van der Waals surface area contributed by atoms with Crippen LogP contribution in [0, 0.1) is 0 Å². The fourth-order valence-corrected chi connectivity index (χ4v) is 4.22. The highest BCUT2D eigenvalue weighted by Crippen LogP contribution is 2.29. The topological polar surface area (TPSA) is 18.8 Å². The van der Waals surface area contributed by atoms with Gasteiger partial charge in [-0.1, -0.05) is 72.8 Å². The Morgan fingerprint density at radius 1 is 0.759 bits per heavy atom. The predicted octanol–water partition coefficient (Wildman–Crippen LogP) is 5.15. The largest absolute Gasteiger partial charge is 0.294 e. The minimum absolute atomic E-state index is 0.294. The molecule has 3 nitrogen and oxygen atoms in total. The Labute approximate surface area is 178 Å². The first-order valence-electron chi connectivity index (χ1n) is 10.1. The molecule has 1 saturated heterocycles. The molecule has 0 aromatic heterocycles. The van der Waals surface area contributed by atoms with Crippen LogP contribution in [0.1, 0.15) is 22.7 Å². The number of hydrazone groups is 1. The van der Waals surface area contributed by atoms with E-state index in [1.165, 1.54) is 16.0 Å². The van der Waals surface area contributed by atoms with Crippen molar-refractivity contribution < 1.29 is 0 Å². The summed E-state index contributed by atoms with van der Waals surface area (Å²) >= 11 is 1.76. The zero-order chi connectivity index (χ0) is 19.9. The highest BCUT2D eigenvalue weighted by molar-refractivity contribution is 7.98. The van der Waals surface area contributed by atoms with Gasteiger partial charge in [-0.15, -0.1) is 11.8 Å². The zero-order valence-electron chi connectivity index (χ0n) is 16.8. The van der Waals surface area contributed by atoms with Crippen LogP contribution in [0.25, 0.3) is 0 Å². The van der Waals surface area contributed by atoms with Crippen LogP contribution < -0.4 is 0 Å². The molecule has 0 saturated carbocycles. The Hall–Kier alpha value is -2.56. The second-order valence-electron chi connectivity index (χ2n) is 7.23. The molecular weight excluding hydrogens is 374 g/mol. The van der Waals surface area contributed by atoms with Crippen LogP contribution in [-0.4, -0.2) is 48.6 Å². The number of benzene rings is 3.